The van der Waals surface area contributed by atoms with Gasteiger partial charge in [0, 0.05) is 5.02 Å². The van der Waals surface area contributed by atoms with E-state index in [-0.39, 0.29) is 12.4 Å². The molecule has 0 spiro atoms. The van der Waals surface area contributed by atoms with Crippen LogP contribution in [0.5, 0.6) is 5.75 Å². The number of benzene rings is 2. The van der Waals surface area contributed by atoms with Crippen molar-refractivity contribution in [2.75, 3.05) is 10.5 Å². The molecular formula is C21H27BClNO5S. The van der Waals surface area contributed by atoms with Gasteiger partial charge < -0.3 is 14.0 Å². The number of halogens is 1. The van der Waals surface area contributed by atoms with Gasteiger partial charge in [0.15, 0.2) is 0 Å². The van der Waals surface area contributed by atoms with E-state index in [0.29, 0.717) is 16.5 Å². The molecule has 0 atom stereocenters. The van der Waals surface area contributed by atoms with E-state index in [9.17, 15) is 8.42 Å². The van der Waals surface area contributed by atoms with Crippen molar-refractivity contribution in [3.63, 3.8) is 0 Å². The quantitative estimate of drug-likeness (QED) is 0.645. The van der Waals surface area contributed by atoms with Crippen LogP contribution in [0.25, 0.3) is 0 Å². The molecule has 2 aromatic rings. The lowest BCUT2D eigenvalue weighted by atomic mass is 9.79. The molecule has 30 heavy (non-hydrogen) atoms. The number of hydrogen-bond acceptors (Lipinski definition) is 5. The van der Waals surface area contributed by atoms with E-state index < -0.39 is 28.3 Å². The van der Waals surface area contributed by atoms with Crippen LogP contribution in [0.2, 0.25) is 5.02 Å². The van der Waals surface area contributed by atoms with Gasteiger partial charge in [0.05, 0.1) is 22.6 Å². The summed E-state index contributed by atoms with van der Waals surface area (Å²) in [5.74, 6) is 0.358. The third-order valence-electron chi connectivity index (χ3n) is 5.48. The highest BCUT2D eigenvalue weighted by molar-refractivity contribution is 7.92. The van der Waals surface area contributed by atoms with E-state index >= 15 is 0 Å². The summed E-state index contributed by atoms with van der Waals surface area (Å²) in [6.45, 7) is 9.76. The van der Waals surface area contributed by atoms with Gasteiger partial charge in [-0.25, -0.2) is 8.42 Å². The van der Waals surface area contributed by atoms with Crippen LogP contribution in [0.15, 0.2) is 42.5 Å². The minimum Gasteiger partial charge on any atom is -0.487 e. The first-order valence-electron chi connectivity index (χ1n) is 9.80. The van der Waals surface area contributed by atoms with Gasteiger partial charge in [0.25, 0.3) is 0 Å². The molecule has 0 radical (unpaired) electrons. The average Bonchev–Trinajstić information content (AvgIpc) is 2.89. The van der Waals surface area contributed by atoms with Gasteiger partial charge >= 0.3 is 7.12 Å². The van der Waals surface area contributed by atoms with Crippen molar-refractivity contribution in [1.29, 1.82) is 0 Å². The molecule has 1 aliphatic rings. The van der Waals surface area contributed by atoms with Crippen molar-refractivity contribution < 1.29 is 22.5 Å². The molecule has 1 saturated heterocycles. The average molecular weight is 452 g/mol. The summed E-state index contributed by atoms with van der Waals surface area (Å²) >= 11 is 5.94. The largest absolute Gasteiger partial charge is 0.494 e. The predicted molar refractivity (Wildman–Crippen MR) is 121 cm³/mol. The first-order chi connectivity index (χ1) is 13.9. The van der Waals surface area contributed by atoms with Gasteiger partial charge in [0.2, 0.25) is 10.0 Å². The summed E-state index contributed by atoms with van der Waals surface area (Å²) in [5, 5.41) is 0.637. The fourth-order valence-corrected chi connectivity index (χ4v) is 3.62. The molecule has 162 valence electrons. The van der Waals surface area contributed by atoms with Crippen LogP contribution in [-0.4, -0.2) is 32.5 Å². The Morgan fingerprint density at radius 1 is 1.03 bits per heavy atom. The molecule has 0 aliphatic carbocycles. The molecule has 3 rings (SSSR count). The lowest BCUT2D eigenvalue weighted by Gasteiger charge is -2.32. The Bertz CT molecular complexity index is 993. The number of anilines is 1. The second-order valence-corrected chi connectivity index (χ2v) is 10.7. The maximum absolute atomic E-state index is 12.1. The van der Waals surface area contributed by atoms with E-state index in [1.54, 1.807) is 37.3 Å². The Labute approximate surface area is 184 Å². The van der Waals surface area contributed by atoms with Crippen molar-refractivity contribution >= 4 is 39.9 Å². The molecule has 1 heterocycles. The molecule has 1 fully saturated rings. The molecule has 1 aliphatic heterocycles. The Balaban J connectivity index is 1.89. The predicted octanol–water partition coefficient (Wildman–Crippen LogP) is 3.98. The Kier molecular flexibility index (Phi) is 6.44. The van der Waals surface area contributed by atoms with Crippen LogP contribution in [-0.2, 0) is 25.9 Å². The van der Waals surface area contributed by atoms with Crippen LogP contribution in [0, 0.1) is 0 Å². The fourth-order valence-electron chi connectivity index (χ4n) is 2.85. The topological polar surface area (TPSA) is 73.9 Å². The first kappa shape index (κ1) is 22.9. The molecule has 0 amide bonds. The Morgan fingerprint density at radius 2 is 1.63 bits per heavy atom. The van der Waals surface area contributed by atoms with Gasteiger partial charge in [-0.15, -0.1) is 0 Å². The van der Waals surface area contributed by atoms with Crippen LogP contribution >= 0.6 is 11.6 Å². The van der Waals surface area contributed by atoms with Crippen molar-refractivity contribution in [1.82, 2.24) is 0 Å². The Hall–Kier alpha value is -1.74. The van der Waals surface area contributed by atoms with E-state index in [2.05, 4.69) is 4.72 Å². The first-order valence-corrected chi connectivity index (χ1v) is 11.8. The highest BCUT2D eigenvalue weighted by atomic mass is 35.5. The molecule has 2 aromatic carbocycles. The zero-order chi connectivity index (χ0) is 22.2. The van der Waals surface area contributed by atoms with Gasteiger partial charge in [-0.05, 0) is 69.9 Å². The SMILES string of the molecule is CCS(=O)(=O)Nc1ccc(B2OC(C)(C)C(C)(C)O2)cc1OCc1ccc(Cl)cc1. The fraction of sp³-hybridized carbons (Fsp3) is 0.429. The highest BCUT2D eigenvalue weighted by Crippen LogP contribution is 2.37. The molecular weight excluding hydrogens is 425 g/mol. The highest BCUT2D eigenvalue weighted by Gasteiger charge is 2.51. The van der Waals surface area contributed by atoms with Crippen LogP contribution in [0.3, 0.4) is 0 Å². The van der Waals surface area contributed by atoms with Crippen molar-refractivity contribution in [3.8, 4) is 5.75 Å². The lowest BCUT2D eigenvalue weighted by molar-refractivity contribution is 0.00578. The summed E-state index contributed by atoms with van der Waals surface area (Å²) < 4.78 is 45.0. The smallest absolute Gasteiger partial charge is 0.487 e. The van der Waals surface area contributed by atoms with E-state index in [1.165, 1.54) is 0 Å². The van der Waals surface area contributed by atoms with Crippen molar-refractivity contribution in [3.05, 3.63) is 53.1 Å². The van der Waals surface area contributed by atoms with Gasteiger partial charge in [-0.1, -0.05) is 29.8 Å². The zero-order valence-corrected chi connectivity index (χ0v) is 19.4. The zero-order valence-electron chi connectivity index (χ0n) is 17.9. The molecule has 6 nitrogen and oxygen atoms in total. The maximum Gasteiger partial charge on any atom is 0.494 e. The van der Waals surface area contributed by atoms with Crippen molar-refractivity contribution in [2.45, 2.75) is 52.4 Å². The van der Waals surface area contributed by atoms with E-state index in [1.807, 2.05) is 39.8 Å². The Morgan fingerprint density at radius 3 is 2.20 bits per heavy atom. The second kappa shape index (κ2) is 8.42. The van der Waals surface area contributed by atoms with Crippen LogP contribution in [0.4, 0.5) is 5.69 Å². The summed E-state index contributed by atoms with van der Waals surface area (Å²) in [6, 6.07) is 12.5. The standard InChI is InChI=1S/C21H27BClNO5S/c1-6-30(25,26)24-18-12-9-16(22-28-20(2,3)21(4,5)29-22)13-19(18)27-14-15-7-10-17(23)11-8-15/h7-13,24H,6,14H2,1-5H3. The van der Waals surface area contributed by atoms with Crippen LogP contribution in [0.1, 0.15) is 40.2 Å². The molecule has 1 N–H and O–H groups in total. The summed E-state index contributed by atoms with van der Waals surface area (Å²) in [7, 11) is -4.04. The second-order valence-electron chi connectivity index (χ2n) is 8.26. The van der Waals surface area contributed by atoms with E-state index in [4.69, 9.17) is 25.6 Å². The molecule has 0 bridgehead atoms. The van der Waals surface area contributed by atoms with Gasteiger partial charge in [0.1, 0.15) is 12.4 Å². The van der Waals surface area contributed by atoms with Crippen LogP contribution < -0.4 is 14.9 Å². The third kappa shape index (κ3) is 5.11. The number of rotatable bonds is 7. The minimum atomic E-state index is -3.46. The van der Waals surface area contributed by atoms with Gasteiger partial charge in [-0.3, -0.25) is 4.72 Å². The number of nitrogens with one attached hydrogen (secondary N) is 1. The normalized spacial score (nSPS) is 17.7. The van der Waals surface area contributed by atoms with Crippen molar-refractivity contribution in [2.24, 2.45) is 0 Å². The summed E-state index contributed by atoms with van der Waals surface area (Å²) in [6.07, 6.45) is 0. The molecule has 0 saturated carbocycles. The summed E-state index contributed by atoms with van der Waals surface area (Å²) in [5.41, 5.74) is 1.06. The molecule has 0 aromatic heterocycles. The monoisotopic (exact) mass is 451 g/mol. The third-order valence-corrected chi connectivity index (χ3v) is 7.03. The van der Waals surface area contributed by atoms with Gasteiger partial charge in [-0.2, -0.15) is 0 Å². The lowest BCUT2D eigenvalue weighted by Crippen LogP contribution is -2.41. The maximum atomic E-state index is 12.1. The number of hydrogen-bond donors (Lipinski definition) is 1. The minimum absolute atomic E-state index is 0.0391. The number of ether oxygens (including phenoxy) is 1. The molecule has 9 heteroatoms. The number of sulfonamides is 1. The molecule has 0 unspecified atom stereocenters. The van der Waals surface area contributed by atoms with E-state index in [0.717, 1.165) is 11.0 Å². The summed E-state index contributed by atoms with van der Waals surface area (Å²) in [4.78, 5) is 0.